The number of hydrogen-bond donors (Lipinski definition) is 1. The Labute approximate surface area is 102 Å². The molecule has 0 saturated carbocycles. The lowest BCUT2D eigenvalue weighted by molar-refractivity contribution is 0.0954. The fraction of sp³-hybridized carbons (Fsp3) is 0.167. The van der Waals surface area contributed by atoms with Crippen LogP contribution in [0.2, 0.25) is 0 Å². The number of carbonyl (C=O) groups excluding carboxylic acids is 1. The van der Waals surface area contributed by atoms with Gasteiger partial charge in [-0.25, -0.2) is 9.37 Å². The van der Waals surface area contributed by atoms with E-state index in [0.29, 0.717) is 10.4 Å². The molecule has 0 aliphatic carbocycles. The first kappa shape index (κ1) is 11.7. The number of thiazole rings is 1. The number of aryl methyl sites for hydroxylation is 1. The molecule has 1 N–H and O–H groups in total. The van der Waals surface area contributed by atoms with Crippen LogP contribution in [0.5, 0.6) is 0 Å². The highest BCUT2D eigenvalue weighted by molar-refractivity contribution is 7.13. The van der Waals surface area contributed by atoms with E-state index < -0.39 is 0 Å². The lowest BCUT2D eigenvalue weighted by Crippen LogP contribution is -2.22. The quantitative estimate of drug-likeness (QED) is 0.909. The molecular formula is C12H11FN2OS. The molecule has 0 atom stereocenters. The highest BCUT2D eigenvalue weighted by Crippen LogP contribution is 2.12. The Balaban J connectivity index is 1.99. The number of nitrogens with zero attached hydrogens (tertiary/aromatic N) is 1. The van der Waals surface area contributed by atoms with E-state index in [0.717, 1.165) is 5.01 Å². The Morgan fingerprint density at radius 3 is 2.88 bits per heavy atom. The smallest absolute Gasteiger partial charge is 0.263 e. The van der Waals surface area contributed by atoms with Gasteiger partial charge in [-0.15, -0.1) is 11.3 Å². The van der Waals surface area contributed by atoms with Crippen LogP contribution in [0.25, 0.3) is 0 Å². The van der Waals surface area contributed by atoms with E-state index in [4.69, 9.17) is 0 Å². The zero-order valence-corrected chi connectivity index (χ0v) is 10.1. The Hall–Kier alpha value is -1.75. The van der Waals surface area contributed by atoms with Crippen LogP contribution in [0.1, 0.15) is 20.2 Å². The van der Waals surface area contributed by atoms with Crippen molar-refractivity contribution in [3.63, 3.8) is 0 Å². The molecule has 5 heteroatoms. The van der Waals surface area contributed by atoms with E-state index in [9.17, 15) is 9.18 Å². The van der Waals surface area contributed by atoms with Gasteiger partial charge >= 0.3 is 0 Å². The molecule has 3 nitrogen and oxygen atoms in total. The number of amides is 1. The van der Waals surface area contributed by atoms with Gasteiger partial charge in [-0.2, -0.15) is 0 Å². The van der Waals surface area contributed by atoms with Crippen LogP contribution in [0.15, 0.2) is 30.5 Å². The second kappa shape index (κ2) is 5.05. The average Bonchev–Trinajstić information content (AvgIpc) is 2.74. The summed E-state index contributed by atoms with van der Waals surface area (Å²) in [4.78, 5) is 16.2. The van der Waals surface area contributed by atoms with Gasteiger partial charge in [0.1, 0.15) is 10.7 Å². The molecule has 0 fully saturated rings. The summed E-state index contributed by atoms with van der Waals surface area (Å²) in [5, 5.41) is 3.50. The molecule has 0 aliphatic heterocycles. The van der Waals surface area contributed by atoms with Gasteiger partial charge in [0, 0.05) is 12.1 Å². The van der Waals surface area contributed by atoms with Gasteiger partial charge in [0.05, 0.1) is 11.2 Å². The summed E-state index contributed by atoms with van der Waals surface area (Å²) in [6.45, 7) is 2.01. The number of carbonyl (C=O) groups is 1. The minimum absolute atomic E-state index is 0.183. The van der Waals surface area contributed by atoms with Crippen LogP contribution < -0.4 is 5.32 Å². The minimum Gasteiger partial charge on any atom is -0.347 e. The molecule has 1 aromatic carbocycles. The average molecular weight is 250 g/mol. The van der Waals surface area contributed by atoms with E-state index in [-0.39, 0.29) is 18.3 Å². The number of aromatic nitrogens is 1. The third kappa shape index (κ3) is 2.88. The summed E-state index contributed by atoms with van der Waals surface area (Å²) in [5.74, 6) is -0.535. The number of halogens is 1. The van der Waals surface area contributed by atoms with Crippen molar-refractivity contribution >= 4 is 17.2 Å². The number of hydrogen-bond acceptors (Lipinski definition) is 3. The molecule has 0 radical (unpaired) electrons. The summed E-state index contributed by atoms with van der Waals surface area (Å²) in [6.07, 6.45) is 1.52. The first-order valence-corrected chi connectivity index (χ1v) is 5.92. The molecule has 0 aliphatic rings. The van der Waals surface area contributed by atoms with Crippen LogP contribution in [0.4, 0.5) is 4.39 Å². The number of benzene rings is 1. The fourth-order valence-electron chi connectivity index (χ4n) is 1.37. The zero-order valence-electron chi connectivity index (χ0n) is 9.24. The van der Waals surface area contributed by atoms with Crippen LogP contribution in [-0.2, 0) is 6.54 Å². The zero-order chi connectivity index (χ0) is 12.3. The van der Waals surface area contributed by atoms with Crippen LogP contribution in [0, 0.1) is 12.7 Å². The van der Waals surface area contributed by atoms with E-state index in [1.807, 2.05) is 6.92 Å². The summed E-state index contributed by atoms with van der Waals surface area (Å²) >= 11 is 1.32. The normalized spacial score (nSPS) is 10.2. The molecule has 0 unspecified atom stereocenters. The second-order valence-electron chi connectivity index (χ2n) is 3.52. The van der Waals surface area contributed by atoms with Gasteiger partial charge in [0.15, 0.2) is 0 Å². The molecule has 1 amide bonds. The van der Waals surface area contributed by atoms with Gasteiger partial charge < -0.3 is 5.32 Å². The summed E-state index contributed by atoms with van der Waals surface area (Å²) in [6, 6.07) is 6.38. The lowest BCUT2D eigenvalue weighted by Gasteiger charge is -2.04. The maximum atomic E-state index is 13.3. The molecule has 1 heterocycles. The van der Waals surface area contributed by atoms with Crippen molar-refractivity contribution in [2.75, 3.05) is 0 Å². The third-order valence-corrected chi connectivity index (χ3v) is 3.15. The van der Waals surface area contributed by atoms with Crippen molar-refractivity contribution in [1.29, 1.82) is 0 Å². The van der Waals surface area contributed by atoms with Gasteiger partial charge in [-0.1, -0.05) is 18.2 Å². The van der Waals surface area contributed by atoms with E-state index in [1.54, 1.807) is 18.2 Å². The number of rotatable bonds is 3. The topological polar surface area (TPSA) is 42.0 Å². The Kier molecular flexibility index (Phi) is 3.49. The van der Waals surface area contributed by atoms with Crippen molar-refractivity contribution in [2.24, 2.45) is 0 Å². The minimum atomic E-state index is -0.312. The van der Waals surface area contributed by atoms with Gasteiger partial charge in [0.25, 0.3) is 5.91 Å². The molecule has 0 spiro atoms. The fourth-order valence-corrected chi connectivity index (χ4v) is 2.06. The van der Waals surface area contributed by atoms with Crippen molar-refractivity contribution in [1.82, 2.24) is 10.3 Å². The highest BCUT2D eigenvalue weighted by atomic mass is 32.1. The predicted molar refractivity (Wildman–Crippen MR) is 64.4 cm³/mol. The van der Waals surface area contributed by atoms with Crippen molar-refractivity contribution < 1.29 is 9.18 Å². The van der Waals surface area contributed by atoms with Gasteiger partial charge in [-0.05, 0) is 13.0 Å². The van der Waals surface area contributed by atoms with Crippen molar-refractivity contribution in [2.45, 2.75) is 13.5 Å². The van der Waals surface area contributed by atoms with Crippen molar-refractivity contribution in [3.05, 3.63) is 51.7 Å². The molecular weight excluding hydrogens is 239 g/mol. The van der Waals surface area contributed by atoms with Crippen LogP contribution >= 0.6 is 11.3 Å². The van der Waals surface area contributed by atoms with Crippen LogP contribution in [0.3, 0.4) is 0 Å². The molecule has 17 heavy (non-hydrogen) atoms. The number of nitrogens with one attached hydrogen (secondary N) is 1. The summed E-state index contributed by atoms with van der Waals surface area (Å²) in [5.41, 5.74) is 0.474. The SMILES string of the molecule is Cc1ncc(C(=O)NCc2ccccc2F)s1. The molecule has 2 aromatic rings. The molecule has 88 valence electrons. The van der Waals surface area contributed by atoms with Gasteiger partial charge in [-0.3, -0.25) is 4.79 Å². The van der Waals surface area contributed by atoms with Gasteiger partial charge in [0.2, 0.25) is 0 Å². The highest BCUT2D eigenvalue weighted by Gasteiger charge is 2.09. The second-order valence-corrected chi connectivity index (χ2v) is 4.75. The molecule has 0 bridgehead atoms. The van der Waals surface area contributed by atoms with E-state index >= 15 is 0 Å². The molecule has 2 rings (SSSR count). The molecule has 0 saturated heterocycles. The van der Waals surface area contributed by atoms with Crippen molar-refractivity contribution in [3.8, 4) is 0 Å². The van der Waals surface area contributed by atoms with E-state index in [2.05, 4.69) is 10.3 Å². The standard InChI is InChI=1S/C12H11FN2OS/c1-8-14-7-11(17-8)12(16)15-6-9-4-2-3-5-10(9)13/h2-5,7H,6H2,1H3,(H,15,16). The van der Waals surface area contributed by atoms with Crippen LogP contribution in [-0.4, -0.2) is 10.9 Å². The van der Waals surface area contributed by atoms with E-state index in [1.165, 1.54) is 23.6 Å². The predicted octanol–water partition coefficient (Wildman–Crippen LogP) is 2.52. The molecule has 1 aromatic heterocycles. The first-order chi connectivity index (χ1) is 8.16. The maximum absolute atomic E-state index is 13.3. The maximum Gasteiger partial charge on any atom is 0.263 e. The Bertz CT molecular complexity index is 539. The third-order valence-electron chi connectivity index (χ3n) is 2.24. The first-order valence-electron chi connectivity index (χ1n) is 5.11. The lowest BCUT2D eigenvalue weighted by atomic mass is 10.2. The summed E-state index contributed by atoms with van der Waals surface area (Å²) < 4.78 is 13.3. The monoisotopic (exact) mass is 250 g/mol. The largest absolute Gasteiger partial charge is 0.347 e. The Morgan fingerprint density at radius 2 is 2.24 bits per heavy atom. The summed E-state index contributed by atoms with van der Waals surface area (Å²) in [7, 11) is 0. The Morgan fingerprint density at radius 1 is 1.47 bits per heavy atom.